The van der Waals surface area contributed by atoms with Crippen LogP contribution in [0.1, 0.15) is 55.2 Å². The molecule has 2 N–H and O–H groups in total. The van der Waals surface area contributed by atoms with Crippen molar-refractivity contribution >= 4 is 5.91 Å². The lowest BCUT2D eigenvalue weighted by Gasteiger charge is -2.55. The number of amides is 1. The van der Waals surface area contributed by atoms with Crippen molar-refractivity contribution in [2.75, 3.05) is 0 Å². The maximum absolute atomic E-state index is 13.0. The Labute approximate surface area is 138 Å². The van der Waals surface area contributed by atoms with E-state index in [4.69, 9.17) is 0 Å². The molecule has 1 aromatic rings. The monoisotopic (exact) mass is 310 g/mol. The van der Waals surface area contributed by atoms with Crippen molar-refractivity contribution in [3.05, 3.63) is 34.9 Å². The number of benzene rings is 1. The molecule has 0 aromatic heterocycles. The first kappa shape index (κ1) is 14.0. The third kappa shape index (κ3) is 2.32. The Kier molecular flexibility index (Phi) is 3.09. The van der Waals surface area contributed by atoms with Crippen LogP contribution in [0.2, 0.25) is 0 Å². The molecule has 6 rings (SSSR count). The van der Waals surface area contributed by atoms with Crippen LogP contribution in [0.5, 0.6) is 0 Å². The average Bonchev–Trinajstić information content (AvgIpc) is 2.99. The highest BCUT2D eigenvalue weighted by Gasteiger charge is 2.54. The predicted molar refractivity (Wildman–Crippen MR) is 89.4 cm³/mol. The zero-order chi connectivity index (χ0) is 15.4. The molecule has 4 saturated carbocycles. The molecular weight excluding hydrogens is 284 g/mol. The van der Waals surface area contributed by atoms with Crippen molar-refractivity contribution in [1.82, 2.24) is 10.6 Å². The first-order chi connectivity index (χ1) is 11.2. The van der Waals surface area contributed by atoms with Gasteiger partial charge in [0.05, 0.1) is 0 Å². The second-order valence-electron chi connectivity index (χ2n) is 8.59. The Bertz CT molecular complexity index is 616. The maximum atomic E-state index is 13.0. The Hall–Kier alpha value is -1.35. The average molecular weight is 310 g/mol. The van der Waals surface area contributed by atoms with Crippen LogP contribution in [-0.2, 0) is 24.4 Å². The summed E-state index contributed by atoms with van der Waals surface area (Å²) in [7, 11) is 0. The lowest BCUT2D eigenvalue weighted by Crippen LogP contribution is -2.53. The van der Waals surface area contributed by atoms with Gasteiger partial charge in [-0.15, -0.1) is 0 Å². The molecule has 3 heteroatoms. The van der Waals surface area contributed by atoms with E-state index < -0.39 is 0 Å². The molecule has 4 fully saturated rings. The van der Waals surface area contributed by atoms with Gasteiger partial charge in [-0.05, 0) is 73.0 Å². The van der Waals surface area contributed by atoms with E-state index in [2.05, 4.69) is 28.8 Å². The van der Waals surface area contributed by atoms with E-state index in [1.54, 1.807) is 0 Å². The van der Waals surface area contributed by atoms with Gasteiger partial charge in [0, 0.05) is 25.0 Å². The molecule has 0 radical (unpaired) electrons. The third-order valence-corrected chi connectivity index (χ3v) is 6.87. The molecule has 4 bridgehead atoms. The second kappa shape index (κ2) is 5.07. The van der Waals surface area contributed by atoms with E-state index in [1.165, 1.54) is 36.0 Å². The number of nitrogens with one attached hydrogen (secondary N) is 2. The first-order valence-electron chi connectivity index (χ1n) is 9.30. The highest BCUT2D eigenvalue weighted by Crippen LogP contribution is 2.60. The lowest BCUT2D eigenvalue weighted by atomic mass is 9.49. The molecule has 1 amide bonds. The summed E-state index contributed by atoms with van der Waals surface area (Å²) in [6.45, 7) is 2.63. The molecule has 1 heterocycles. The summed E-state index contributed by atoms with van der Waals surface area (Å²) in [5, 5.41) is 6.67. The molecule has 0 saturated heterocycles. The summed E-state index contributed by atoms with van der Waals surface area (Å²) in [6.07, 6.45) is 7.63. The zero-order valence-corrected chi connectivity index (χ0v) is 13.7. The van der Waals surface area contributed by atoms with Gasteiger partial charge < -0.3 is 10.6 Å². The molecule has 5 aliphatic rings. The standard InChI is InChI=1S/C20H26N2O/c23-19(20-7-14-3-15(8-20)5-16(4-14)9-20)22-10-13-1-2-17-11-21-12-18(17)6-13/h1-2,6,14-16,21H,3-5,7-12H2,(H,22,23). The second-order valence-corrected chi connectivity index (χ2v) is 8.59. The van der Waals surface area contributed by atoms with Gasteiger partial charge in [0.15, 0.2) is 0 Å². The van der Waals surface area contributed by atoms with E-state index >= 15 is 0 Å². The van der Waals surface area contributed by atoms with Crippen LogP contribution in [0.4, 0.5) is 0 Å². The van der Waals surface area contributed by atoms with E-state index in [9.17, 15) is 4.79 Å². The van der Waals surface area contributed by atoms with Crippen LogP contribution >= 0.6 is 0 Å². The summed E-state index contributed by atoms with van der Waals surface area (Å²) < 4.78 is 0. The minimum absolute atomic E-state index is 0.0208. The maximum Gasteiger partial charge on any atom is 0.226 e. The van der Waals surface area contributed by atoms with Gasteiger partial charge in [0.25, 0.3) is 0 Å². The van der Waals surface area contributed by atoms with Crippen LogP contribution in [0, 0.1) is 23.2 Å². The normalized spacial score (nSPS) is 37.0. The lowest BCUT2D eigenvalue weighted by molar-refractivity contribution is -0.146. The van der Waals surface area contributed by atoms with Crippen molar-refractivity contribution in [3.63, 3.8) is 0 Å². The van der Waals surface area contributed by atoms with Crippen LogP contribution in [-0.4, -0.2) is 5.91 Å². The van der Waals surface area contributed by atoms with Gasteiger partial charge in [0.1, 0.15) is 0 Å². The molecular formula is C20H26N2O. The SMILES string of the molecule is O=C(NCc1ccc2c(c1)CNC2)C12CC3CC(CC(C3)C1)C2. The number of rotatable bonds is 3. The summed E-state index contributed by atoms with van der Waals surface area (Å²) in [5.41, 5.74) is 4.02. The van der Waals surface area contributed by atoms with Crippen molar-refractivity contribution in [3.8, 4) is 0 Å². The highest BCUT2D eigenvalue weighted by molar-refractivity contribution is 5.83. The quantitative estimate of drug-likeness (QED) is 0.900. The molecule has 0 spiro atoms. The highest BCUT2D eigenvalue weighted by atomic mass is 16.2. The van der Waals surface area contributed by atoms with Crippen molar-refractivity contribution in [2.24, 2.45) is 23.2 Å². The Balaban J connectivity index is 1.29. The van der Waals surface area contributed by atoms with Crippen LogP contribution in [0.3, 0.4) is 0 Å². The molecule has 122 valence electrons. The molecule has 1 aliphatic heterocycles. The minimum Gasteiger partial charge on any atom is -0.352 e. The van der Waals surface area contributed by atoms with Gasteiger partial charge in [-0.25, -0.2) is 0 Å². The Morgan fingerprint density at radius 3 is 2.39 bits per heavy atom. The Morgan fingerprint density at radius 1 is 1.04 bits per heavy atom. The van der Waals surface area contributed by atoms with Crippen molar-refractivity contribution < 1.29 is 4.79 Å². The zero-order valence-electron chi connectivity index (χ0n) is 13.7. The van der Waals surface area contributed by atoms with E-state index in [1.807, 2.05) is 0 Å². The molecule has 23 heavy (non-hydrogen) atoms. The van der Waals surface area contributed by atoms with Gasteiger partial charge in [-0.3, -0.25) is 4.79 Å². The summed E-state index contributed by atoms with van der Waals surface area (Å²) in [5.74, 6) is 2.84. The van der Waals surface area contributed by atoms with E-state index in [0.717, 1.165) is 50.1 Å². The number of hydrogen-bond donors (Lipinski definition) is 2. The van der Waals surface area contributed by atoms with Crippen molar-refractivity contribution in [1.29, 1.82) is 0 Å². The fourth-order valence-corrected chi connectivity index (χ4v) is 6.22. The van der Waals surface area contributed by atoms with Crippen molar-refractivity contribution in [2.45, 2.75) is 58.2 Å². The fourth-order valence-electron chi connectivity index (χ4n) is 6.22. The third-order valence-electron chi connectivity index (χ3n) is 6.87. The molecule has 1 aromatic carbocycles. The van der Waals surface area contributed by atoms with Crippen LogP contribution in [0.15, 0.2) is 18.2 Å². The van der Waals surface area contributed by atoms with Crippen LogP contribution < -0.4 is 10.6 Å². The summed E-state index contributed by atoms with van der Waals surface area (Å²) in [4.78, 5) is 13.0. The number of carbonyl (C=O) groups excluding carboxylic acids is 1. The summed E-state index contributed by atoms with van der Waals surface area (Å²) in [6, 6.07) is 6.64. The van der Waals surface area contributed by atoms with E-state index in [0.29, 0.717) is 12.5 Å². The Morgan fingerprint density at radius 2 is 1.70 bits per heavy atom. The predicted octanol–water partition coefficient (Wildman–Crippen LogP) is 3.12. The van der Waals surface area contributed by atoms with Crippen LogP contribution in [0.25, 0.3) is 0 Å². The smallest absolute Gasteiger partial charge is 0.226 e. The first-order valence-corrected chi connectivity index (χ1v) is 9.30. The van der Waals surface area contributed by atoms with Gasteiger partial charge in [0.2, 0.25) is 5.91 Å². The molecule has 0 unspecified atom stereocenters. The summed E-state index contributed by atoms with van der Waals surface area (Å²) >= 11 is 0. The number of hydrogen-bond acceptors (Lipinski definition) is 2. The fraction of sp³-hybridized carbons (Fsp3) is 0.650. The van der Waals surface area contributed by atoms with Gasteiger partial charge in [-0.1, -0.05) is 18.2 Å². The topological polar surface area (TPSA) is 41.1 Å². The number of fused-ring (bicyclic) bond motifs is 1. The number of carbonyl (C=O) groups is 1. The molecule has 4 aliphatic carbocycles. The molecule has 0 atom stereocenters. The van der Waals surface area contributed by atoms with Gasteiger partial charge >= 0.3 is 0 Å². The van der Waals surface area contributed by atoms with E-state index in [-0.39, 0.29) is 5.41 Å². The van der Waals surface area contributed by atoms with Gasteiger partial charge in [-0.2, -0.15) is 0 Å². The largest absolute Gasteiger partial charge is 0.352 e. The minimum atomic E-state index is -0.0208. The molecule has 3 nitrogen and oxygen atoms in total.